The van der Waals surface area contributed by atoms with Crippen molar-refractivity contribution in [3.05, 3.63) is 59.7 Å². The second-order valence-corrected chi connectivity index (χ2v) is 13.0. The monoisotopic (exact) mass is 496 g/mol. The van der Waals surface area contributed by atoms with Gasteiger partial charge in [-0.2, -0.15) is 0 Å². The number of likely N-dealkylation sites (N-methyl/N-ethyl adjacent to an activating group) is 1. The third-order valence-corrected chi connectivity index (χ3v) is 9.65. The predicted octanol–water partition coefficient (Wildman–Crippen LogP) is 4.59. The maximum Gasteiger partial charge on any atom is 0.243 e. The van der Waals surface area contributed by atoms with Crippen molar-refractivity contribution in [3.63, 3.8) is 0 Å². The van der Waals surface area contributed by atoms with Gasteiger partial charge in [0.1, 0.15) is 12.3 Å². The molecule has 0 radical (unpaired) electrons. The van der Waals surface area contributed by atoms with Crippen molar-refractivity contribution in [1.29, 1.82) is 0 Å². The summed E-state index contributed by atoms with van der Waals surface area (Å²) in [6, 6.07) is 15.5. The Hall–Kier alpha value is -2.54. The Bertz CT molecular complexity index is 1160. The average Bonchev–Trinajstić information content (AvgIpc) is 2.81. The fourth-order valence-electron chi connectivity index (χ4n) is 7.27. The first-order chi connectivity index (χ1) is 16.7. The number of anilines is 1. The summed E-state index contributed by atoms with van der Waals surface area (Å²) < 4.78 is 32.0. The first kappa shape index (κ1) is 24.2. The minimum atomic E-state index is -3.63. The number of amides is 1. The zero-order valence-corrected chi connectivity index (χ0v) is 21.8. The van der Waals surface area contributed by atoms with Crippen molar-refractivity contribution in [2.24, 2.45) is 17.8 Å². The number of sulfonamides is 1. The lowest BCUT2D eigenvalue weighted by molar-refractivity contribution is -0.128. The molecule has 0 unspecified atom stereocenters. The van der Waals surface area contributed by atoms with E-state index in [4.69, 9.17) is 4.74 Å². The van der Waals surface area contributed by atoms with Crippen LogP contribution in [0.3, 0.4) is 0 Å². The summed E-state index contributed by atoms with van der Waals surface area (Å²) >= 11 is 0. The van der Waals surface area contributed by atoms with Crippen LogP contribution in [0.25, 0.3) is 0 Å². The highest BCUT2D eigenvalue weighted by atomic mass is 32.2. The highest BCUT2D eigenvalue weighted by Gasteiger charge is 2.51. The van der Waals surface area contributed by atoms with Crippen LogP contribution in [0.4, 0.5) is 5.69 Å². The molecule has 4 aliphatic carbocycles. The summed E-state index contributed by atoms with van der Waals surface area (Å²) in [5.74, 6) is 2.98. The Kier molecular flexibility index (Phi) is 6.32. The number of hydrogen-bond donors (Lipinski definition) is 0. The van der Waals surface area contributed by atoms with Crippen LogP contribution in [0.15, 0.2) is 48.5 Å². The molecule has 2 aromatic carbocycles. The van der Waals surface area contributed by atoms with Crippen LogP contribution in [0.5, 0.6) is 5.75 Å². The largest absolute Gasteiger partial charge is 0.496 e. The summed E-state index contributed by atoms with van der Waals surface area (Å²) in [5.41, 5.74) is 3.01. The molecule has 4 aliphatic rings. The molecule has 4 bridgehead atoms. The molecule has 188 valence electrons. The predicted molar refractivity (Wildman–Crippen MR) is 138 cm³/mol. The summed E-state index contributed by atoms with van der Waals surface area (Å²) in [5, 5.41) is 0. The van der Waals surface area contributed by atoms with E-state index in [0.29, 0.717) is 18.0 Å². The lowest BCUT2D eigenvalue weighted by atomic mass is 9.48. The SMILES string of the molecule is COc1ccccc1CN(C)C(=O)CN(c1ccc(C23CC4CC(CC(C4)C2)C3)cc1)S(C)(=O)=O. The van der Waals surface area contributed by atoms with Crippen molar-refractivity contribution in [3.8, 4) is 5.75 Å². The molecule has 6 nitrogen and oxygen atoms in total. The zero-order valence-electron chi connectivity index (χ0n) is 20.9. The standard InChI is InChI=1S/C28H36N2O4S/c1-29(18-23-6-4-5-7-26(23)34-2)27(31)19-30(35(3,32)33)25-10-8-24(9-11-25)28-15-20-12-21(16-28)14-22(13-20)17-28/h4-11,20-22H,12-19H2,1-3H3. The van der Waals surface area contributed by atoms with Crippen molar-refractivity contribution < 1.29 is 17.9 Å². The van der Waals surface area contributed by atoms with Gasteiger partial charge >= 0.3 is 0 Å². The van der Waals surface area contributed by atoms with Gasteiger partial charge in [-0.1, -0.05) is 30.3 Å². The van der Waals surface area contributed by atoms with E-state index in [2.05, 4.69) is 12.1 Å². The van der Waals surface area contributed by atoms with E-state index in [1.165, 1.54) is 48.4 Å². The molecule has 0 heterocycles. The van der Waals surface area contributed by atoms with Crippen LogP contribution < -0.4 is 9.04 Å². The molecule has 0 saturated heterocycles. The van der Waals surface area contributed by atoms with Crippen LogP contribution in [0.2, 0.25) is 0 Å². The highest BCUT2D eigenvalue weighted by molar-refractivity contribution is 7.92. The molecule has 0 atom stereocenters. The summed E-state index contributed by atoms with van der Waals surface area (Å²) in [7, 11) is -0.347. The molecule has 6 rings (SSSR count). The van der Waals surface area contributed by atoms with E-state index in [9.17, 15) is 13.2 Å². The molecule has 1 amide bonds. The maximum atomic E-state index is 13.1. The number of hydrogen-bond acceptors (Lipinski definition) is 4. The summed E-state index contributed by atoms with van der Waals surface area (Å²) in [4.78, 5) is 14.6. The van der Waals surface area contributed by atoms with Gasteiger partial charge in [0.2, 0.25) is 15.9 Å². The van der Waals surface area contributed by atoms with Gasteiger partial charge in [0.05, 0.1) is 19.1 Å². The van der Waals surface area contributed by atoms with E-state index in [1.807, 2.05) is 36.4 Å². The number of nitrogens with zero attached hydrogens (tertiary/aromatic N) is 2. The fourth-order valence-corrected chi connectivity index (χ4v) is 8.12. The van der Waals surface area contributed by atoms with Crippen LogP contribution >= 0.6 is 0 Å². The van der Waals surface area contributed by atoms with Gasteiger partial charge in [-0.25, -0.2) is 8.42 Å². The number of methoxy groups -OCH3 is 1. The molecule has 4 fully saturated rings. The number of carbonyl (C=O) groups excluding carboxylic acids is 1. The molecule has 0 aromatic heterocycles. The maximum absolute atomic E-state index is 13.1. The molecule has 7 heteroatoms. The third-order valence-electron chi connectivity index (χ3n) is 8.51. The van der Waals surface area contributed by atoms with Crippen LogP contribution in [-0.4, -0.2) is 46.2 Å². The van der Waals surface area contributed by atoms with E-state index in [1.54, 1.807) is 19.1 Å². The van der Waals surface area contributed by atoms with Gasteiger partial charge in [0.15, 0.2) is 0 Å². The zero-order chi connectivity index (χ0) is 24.8. The molecule has 4 saturated carbocycles. The fraction of sp³-hybridized carbons (Fsp3) is 0.536. The summed E-state index contributed by atoms with van der Waals surface area (Å²) in [6.07, 6.45) is 9.13. The number of carbonyl (C=O) groups is 1. The minimum absolute atomic E-state index is 0.235. The van der Waals surface area contributed by atoms with Crippen molar-refractivity contribution in [2.75, 3.05) is 31.3 Å². The quantitative estimate of drug-likeness (QED) is 0.536. The van der Waals surface area contributed by atoms with Crippen molar-refractivity contribution in [2.45, 2.75) is 50.5 Å². The second kappa shape index (κ2) is 9.16. The van der Waals surface area contributed by atoms with Gasteiger partial charge in [0, 0.05) is 19.2 Å². The van der Waals surface area contributed by atoms with Crippen LogP contribution in [0, 0.1) is 17.8 Å². The Balaban J connectivity index is 1.32. The van der Waals surface area contributed by atoms with Crippen molar-refractivity contribution >= 4 is 21.6 Å². The molecule has 2 aromatic rings. The molecule has 0 spiro atoms. The van der Waals surface area contributed by atoms with Gasteiger partial charge in [-0.15, -0.1) is 0 Å². The Morgan fingerprint density at radius 3 is 2.09 bits per heavy atom. The van der Waals surface area contributed by atoms with Gasteiger partial charge < -0.3 is 9.64 Å². The molecular weight excluding hydrogens is 460 g/mol. The van der Waals surface area contributed by atoms with Gasteiger partial charge in [-0.3, -0.25) is 9.10 Å². The number of rotatable bonds is 8. The topological polar surface area (TPSA) is 66.9 Å². The van der Waals surface area contributed by atoms with Crippen LogP contribution in [-0.2, 0) is 26.8 Å². The molecule has 0 N–H and O–H groups in total. The Morgan fingerprint density at radius 1 is 0.971 bits per heavy atom. The third kappa shape index (κ3) is 4.80. The van der Waals surface area contributed by atoms with Crippen LogP contribution in [0.1, 0.15) is 49.7 Å². The van der Waals surface area contributed by atoms with E-state index in [-0.39, 0.29) is 17.9 Å². The molecular formula is C28H36N2O4S. The second-order valence-electron chi connectivity index (χ2n) is 11.1. The lowest BCUT2D eigenvalue weighted by Gasteiger charge is -2.57. The summed E-state index contributed by atoms with van der Waals surface area (Å²) in [6.45, 7) is 0.104. The van der Waals surface area contributed by atoms with E-state index >= 15 is 0 Å². The Morgan fingerprint density at radius 2 is 1.54 bits per heavy atom. The highest BCUT2D eigenvalue weighted by Crippen LogP contribution is 2.60. The molecule has 0 aliphatic heterocycles. The average molecular weight is 497 g/mol. The van der Waals surface area contributed by atoms with Gasteiger partial charge in [0.25, 0.3) is 0 Å². The normalized spacial score (nSPS) is 27.0. The first-order valence-electron chi connectivity index (χ1n) is 12.6. The Labute approximate surface area is 209 Å². The van der Waals surface area contributed by atoms with Crippen molar-refractivity contribution in [1.82, 2.24) is 4.90 Å². The lowest BCUT2D eigenvalue weighted by Crippen LogP contribution is -2.48. The van der Waals surface area contributed by atoms with E-state index in [0.717, 1.165) is 29.6 Å². The molecule has 35 heavy (non-hydrogen) atoms. The number of ether oxygens (including phenoxy) is 1. The van der Waals surface area contributed by atoms with Gasteiger partial charge in [-0.05, 0) is 85.5 Å². The smallest absolute Gasteiger partial charge is 0.243 e. The minimum Gasteiger partial charge on any atom is -0.496 e. The number of benzene rings is 2. The first-order valence-corrected chi connectivity index (χ1v) is 14.5. The van der Waals surface area contributed by atoms with E-state index < -0.39 is 10.0 Å². The number of para-hydroxylation sites is 1.